The SMILES string of the molecule is COc1ccc(N/C(=N\O)c2nonc2NC2CCN(S(=O)(=O)C(F)(F)F)C3CCCCC23)cc1Br. The molecule has 11 nitrogen and oxygen atoms in total. The summed E-state index contributed by atoms with van der Waals surface area (Å²) in [5, 5.41) is 26.5. The van der Waals surface area contributed by atoms with E-state index in [1.807, 2.05) is 0 Å². The number of rotatable bonds is 6. The quantitative estimate of drug-likeness (QED) is 0.195. The van der Waals surface area contributed by atoms with Gasteiger partial charge in [-0.2, -0.15) is 17.5 Å². The van der Waals surface area contributed by atoms with Crippen molar-refractivity contribution in [3.63, 3.8) is 0 Å². The number of nitrogens with zero attached hydrogens (tertiary/aromatic N) is 4. The number of oxime groups is 1. The van der Waals surface area contributed by atoms with Crippen molar-refractivity contribution < 1.29 is 36.2 Å². The Kier molecular flexibility index (Phi) is 7.66. The monoisotopic (exact) mass is 596 g/mol. The van der Waals surface area contributed by atoms with Crippen molar-refractivity contribution in [1.82, 2.24) is 14.6 Å². The Morgan fingerprint density at radius 2 is 2.03 bits per heavy atom. The van der Waals surface area contributed by atoms with Crippen LogP contribution in [0.4, 0.5) is 24.7 Å². The van der Waals surface area contributed by atoms with Crippen molar-refractivity contribution in [2.24, 2.45) is 11.1 Å². The molecule has 4 rings (SSSR count). The lowest BCUT2D eigenvalue weighted by molar-refractivity contribution is -0.0531. The summed E-state index contributed by atoms with van der Waals surface area (Å²) in [5.74, 6) is 0.237. The van der Waals surface area contributed by atoms with E-state index in [1.165, 1.54) is 7.11 Å². The normalized spacial score (nSPS) is 23.7. The van der Waals surface area contributed by atoms with Gasteiger partial charge in [0.25, 0.3) is 0 Å². The van der Waals surface area contributed by atoms with Gasteiger partial charge < -0.3 is 20.6 Å². The molecule has 3 N–H and O–H groups in total. The molecule has 2 aromatic rings. The third-order valence-electron chi connectivity index (χ3n) is 6.48. The third kappa shape index (κ3) is 5.11. The van der Waals surface area contributed by atoms with Crippen LogP contribution >= 0.6 is 15.9 Å². The van der Waals surface area contributed by atoms with Crippen molar-refractivity contribution >= 4 is 43.3 Å². The van der Waals surface area contributed by atoms with Crippen LogP contribution in [-0.4, -0.2) is 65.3 Å². The number of aromatic nitrogens is 2. The van der Waals surface area contributed by atoms with Gasteiger partial charge in [-0.15, -0.1) is 0 Å². The molecule has 0 amide bonds. The van der Waals surface area contributed by atoms with Gasteiger partial charge in [-0.1, -0.05) is 18.0 Å². The maximum absolute atomic E-state index is 13.3. The summed E-state index contributed by atoms with van der Waals surface area (Å²) >= 11 is 3.37. The van der Waals surface area contributed by atoms with Crippen LogP contribution in [0.25, 0.3) is 0 Å². The molecule has 3 atom stereocenters. The van der Waals surface area contributed by atoms with Crippen LogP contribution in [0.5, 0.6) is 5.75 Å². The third-order valence-corrected chi connectivity index (χ3v) is 8.76. The molecular weight excluding hydrogens is 573 g/mol. The minimum atomic E-state index is -5.44. The molecular formula is C20H24BrF3N6O5S. The molecule has 2 heterocycles. The highest BCUT2D eigenvalue weighted by atomic mass is 79.9. The highest BCUT2D eigenvalue weighted by molar-refractivity contribution is 9.10. The summed E-state index contributed by atoms with van der Waals surface area (Å²) in [6, 6.07) is 3.87. The minimum absolute atomic E-state index is 0.0437. The number of anilines is 2. The Hall–Kier alpha value is -2.59. The van der Waals surface area contributed by atoms with Crippen molar-refractivity contribution in [1.29, 1.82) is 0 Å². The van der Waals surface area contributed by atoms with E-state index in [4.69, 9.17) is 9.37 Å². The minimum Gasteiger partial charge on any atom is -0.496 e. The van der Waals surface area contributed by atoms with Gasteiger partial charge in [0.05, 0.1) is 11.6 Å². The van der Waals surface area contributed by atoms with Crippen molar-refractivity contribution in [2.45, 2.75) is 49.7 Å². The number of methoxy groups -OCH3 is 1. The van der Waals surface area contributed by atoms with E-state index >= 15 is 0 Å². The molecule has 1 aromatic heterocycles. The second-order valence-corrected chi connectivity index (χ2v) is 11.2. The zero-order valence-corrected chi connectivity index (χ0v) is 21.4. The summed E-state index contributed by atoms with van der Waals surface area (Å²) in [6.45, 7) is -0.291. The van der Waals surface area contributed by atoms with Crippen LogP contribution in [0.1, 0.15) is 37.8 Å². The maximum Gasteiger partial charge on any atom is 0.511 e. The van der Waals surface area contributed by atoms with E-state index in [-0.39, 0.29) is 36.2 Å². The first-order valence-corrected chi connectivity index (χ1v) is 13.3. The Morgan fingerprint density at radius 3 is 2.69 bits per heavy atom. The fourth-order valence-electron chi connectivity index (χ4n) is 4.85. The molecule has 0 bridgehead atoms. The second-order valence-electron chi connectivity index (χ2n) is 8.50. The van der Waals surface area contributed by atoms with E-state index in [0.29, 0.717) is 39.5 Å². The summed E-state index contributed by atoms with van der Waals surface area (Å²) < 4.78 is 75.5. The molecule has 1 aromatic carbocycles. The number of ether oxygens (including phenoxy) is 1. The van der Waals surface area contributed by atoms with Gasteiger partial charge in [-0.25, -0.2) is 13.0 Å². The number of halogens is 4. The van der Waals surface area contributed by atoms with Crippen LogP contribution in [0, 0.1) is 5.92 Å². The van der Waals surface area contributed by atoms with Crippen LogP contribution in [-0.2, 0) is 10.0 Å². The number of fused-ring (bicyclic) bond motifs is 1. The fraction of sp³-hybridized carbons (Fsp3) is 0.550. The number of sulfonamides is 1. The molecule has 16 heteroatoms. The van der Waals surface area contributed by atoms with E-state index in [1.54, 1.807) is 18.2 Å². The molecule has 198 valence electrons. The number of hydrogen-bond donors (Lipinski definition) is 3. The molecule has 1 saturated heterocycles. The van der Waals surface area contributed by atoms with Crippen molar-refractivity contribution in [3.8, 4) is 5.75 Å². The topological polar surface area (TPSA) is 142 Å². The highest BCUT2D eigenvalue weighted by Crippen LogP contribution is 2.41. The largest absolute Gasteiger partial charge is 0.511 e. The number of nitrogens with one attached hydrogen (secondary N) is 2. The molecule has 2 fully saturated rings. The zero-order chi connectivity index (χ0) is 26.1. The Bertz CT molecular complexity index is 1220. The Morgan fingerprint density at radius 1 is 1.28 bits per heavy atom. The van der Waals surface area contributed by atoms with Crippen molar-refractivity contribution in [3.05, 3.63) is 28.4 Å². The van der Waals surface area contributed by atoms with Crippen LogP contribution in [0.15, 0.2) is 32.5 Å². The zero-order valence-electron chi connectivity index (χ0n) is 19.0. The predicted octanol–water partition coefficient (Wildman–Crippen LogP) is 3.98. The van der Waals surface area contributed by atoms with Gasteiger partial charge in [0.1, 0.15) is 5.75 Å². The molecule has 2 aliphatic rings. The van der Waals surface area contributed by atoms with Crippen molar-refractivity contribution in [2.75, 3.05) is 24.3 Å². The van der Waals surface area contributed by atoms with E-state index in [0.717, 1.165) is 6.42 Å². The molecule has 1 saturated carbocycles. The Labute approximate surface area is 213 Å². The summed E-state index contributed by atoms with van der Waals surface area (Å²) in [7, 11) is -3.92. The maximum atomic E-state index is 13.3. The second kappa shape index (κ2) is 10.4. The fourth-order valence-corrected chi connectivity index (χ4v) is 6.62. The predicted molar refractivity (Wildman–Crippen MR) is 126 cm³/mol. The first kappa shape index (κ1) is 26.5. The number of alkyl halides is 3. The van der Waals surface area contributed by atoms with Crippen LogP contribution in [0.2, 0.25) is 0 Å². The lowest BCUT2D eigenvalue weighted by atomic mass is 9.76. The lowest BCUT2D eigenvalue weighted by Crippen LogP contribution is -2.58. The van der Waals surface area contributed by atoms with E-state index in [2.05, 4.69) is 42.0 Å². The first-order chi connectivity index (χ1) is 17.1. The lowest BCUT2D eigenvalue weighted by Gasteiger charge is -2.47. The summed E-state index contributed by atoms with van der Waals surface area (Å²) in [6.07, 6.45) is 2.40. The van der Waals surface area contributed by atoms with Gasteiger partial charge in [0.2, 0.25) is 11.7 Å². The smallest absolute Gasteiger partial charge is 0.496 e. The molecule has 36 heavy (non-hydrogen) atoms. The van der Waals surface area contributed by atoms with Gasteiger partial charge in [0.15, 0.2) is 5.69 Å². The average Bonchev–Trinajstić information content (AvgIpc) is 3.30. The van der Waals surface area contributed by atoms with Gasteiger partial charge in [-0.3, -0.25) is 0 Å². The first-order valence-electron chi connectivity index (χ1n) is 11.1. The van der Waals surface area contributed by atoms with Crippen LogP contribution < -0.4 is 15.4 Å². The van der Waals surface area contributed by atoms with E-state index < -0.39 is 27.6 Å². The van der Waals surface area contributed by atoms with E-state index in [9.17, 15) is 26.8 Å². The molecule has 3 unspecified atom stereocenters. The Balaban J connectivity index is 1.54. The van der Waals surface area contributed by atoms with Gasteiger partial charge in [-0.05, 0) is 69.6 Å². The summed E-state index contributed by atoms with van der Waals surface area (Å²) in [5.41, 5.74) is -4.78. The standard InChI is InChI=1S/C20H24BrF3N6O5S/c1-34-16-7-6-11(10-13(16)21)25-18(27-31)17-19(29-35-28-17)26-14-8-9-30(36(32,33)20(22,23)24)15-5-3-2-4-12(14)15/h6-7,10,12,14-15,31H,2-5,8-9H2,1H3,(H,25,27)(H,26,29). The average molecular weight is 597 g/mol. The number of amidine groups is 1. The number of hydrogen-bond acceptors (Lipinski definition) is 9. The van der Waals surface area contributed by atoms with Gasteiger partial charge in [0, 0.05) is 24.3 Å². The summed E-state index contributed by atoms with van der Waals surface area (Å²) in [4.78, 5) is 0. The molecule has 0 spiro atoms. The molecule has 0 radical (unpaired) electrons. The van der Waals surface area contributed by atoms with Gasteiger partial charge >= 0.3 is 15.5 Å². The highest BCUT2D eigenvalue weighted by Gasteiger charge is 2.55. The van der Waals surface area contributed by atoms with Crippen LogP contribution in [0.3, 0.4) is 0 Å². The number of piperidine rings is 1. The number of benzene rings is 1. The molecule has 1 aliphatic heterocycles. The molecule has 1 aliphatic carbocycles.